The molecule has 1 N–H and O–H groups in total. The van der Waals surface area contributed by atoms with Gasteiger partial charge in [0.15, 0.2) is 5.78 Å². The van der Waals surface area contributed by atoms with Gasteiger partial charge in [-0.15, -0.1) is 6.42 Å². The van der Waals surface area contributed by atoms with E-state index in [9.17, 15) is 9.90 Å². The molecule has 0 radical (unpaired) electrons. The number of carbonyl (C=O) groups excluding carboxylic acids is 1. The van der Waals surface area contributed by atoms with E-state index in [0.29, 0.717) is 23.5 Å². The van der Waals surface area contributed by atoms with Crippen LogP contribution in [-0.4, -0.2) is 16.5 Å². The van der Waals surface area contributed by atoms with Crippen molar-refractivity contribution in [2.24, 2.45) is 35.0 Å². The van der Waals surface area contributed by atoms with Gasteiger partial charge in [0.1, 0.15) is 5.60 Å². The van der Waals surface area contributed by atoms with Gasteiger partial charge < -0.3 is 5.11 Å². The lowest BCUT2D eigenvalue weighted by Gasteiger charge is -2.61. The molecule has 7 atom stereocenters. The summed E-state index contributed by atoms with van der Waals surface area (Å²) in [6.07, 6.45) is 18.7. The smallest absolute Gasteiger partial charge is 0.155 e. The fraction of sp³-hybridized carbons (Fsp3) is 0.773. The minimum atomic E-state index is -0.861. The summed E-state index contributed by atoms with van der Waals surface area (Å²) in [5, 5.41) is 11.3. The first-order valence-corrected chi connectivity index (χ1v) is 10.0. The van der Waals surface area contributed by atoms with Gasteiger partial charge in [0, 0.05) is 11.8 Å². The van der Waals surface area contributed by atoms with Crippen LogP contribution in [0.3, 0.4) is 0 Å². The second kappa shape index (κ2) is 4.98. The molecule has 0 amide bonds. The van der Waals surface area contributed by atoms with Gasteiger partial charge in [-0.2, -0.15) is 0 Å². The predicted octanol–water partition coefficient (Wildman–Crippen LogP) is 3.88. The molecule has 2 nitrogen and oxygen atoms in total. The van der Waals surface area contributed by atoms with Crippen LogP contribution in [0.4, 0.5) is 0 Å². The molecule has 4 fully saturated rings. The van der Waals surface area contributed by atoms with Gasteiger partial charge in [-0.25, -0.2) is 0 Å². The van der Waals surface area contributed by atoms with Crippen molar-refractivity contribution in [2.45, 2.75) is 69.8 Å². The van der Waals surface area contributed by atoms with E-state index in [1.54, 1.807) is 0 Å². The van der Waals surface area contributed by atoms with Crippen molar-refractivity contribution in [2.75, 3.05) is 0 Å². The molecule has 0 saturated heterocycles. The Kier molecular flexibility index (Phi) is 3.15. The number of hydrogen-bond donors (Lipinski definition) is 1. The van der Waals surface area contributed by atoms with Crippen molar-refractivity contribution >= 4 is 5.78 Å². The monoisotopic (exact) mass is 324 g/mol. The van der Waals surface area contributed by atoms with Crippen molar-refractivity contribution in [1.82, 2.24) is 0 Å². The van der Waals surface area contributed by atoms with Crippen LogP contribution in [0.15, 0.2) is 11.6 Å². The molecule has 4 saturated carbocycles. The van der Waals surface area contributed by atoms with Crippen LogP contribution in [0.1, 0.15) is 64.2 Å². The second-order valence-corrected chi connectivity index (χ2v) is 9.27. The lowest BCUT2D eigenvalue weighted by Crippen LogP contribution is -2.58. The summed E-state index contributed by atoms with van der Waals surface area (Å²) in [4.78, 5) is 11.9. The van der Waals surface area contributed by atoms with E-state index < -0.39 is 5.60 Å². The van der Waals surface area contributed by atoms with Gasteiger partial charge in [0.25, 0.3) is 0 Å². The fourth-order valence-electron chi connectivity index (χ4n) is 7.97. The molecule has 5 rings (SSSR count). The summed E-state index contributed by atoms with van der Waals surface area (Å²) in [7, 11) is 0. The topological polar surface area (TPSA) is 37.3 Å². The Hall–Kier alpha value is -1.07. The Bertz CT molecular complexity index is 655. The summed E-state index contributed by atoms with van der Waals surface area (Å²) < 4.78 is 0. The third kappa shape index (κ3) is 1.75. The molecule has 0 aromatic heterocycles. The van der Waals surface area contributed by atoms with E-state index in [1.165, 1.54) is 24.8 Å². The largest absolute Gasteiger partial charge is 0.377 e. The van der Waals surface area contributed by atoms with Gasteiger partial charge in [-0.1, -0.05) is 24.3 Å². The van der Waals surface area contributed by atoms with Crippen molar-refractivity contribution in [3.8, 4) is 12.3 Å². The van der Waals surface area contributed by atoms with Crippen molar-refractivity contribution in [3.63, 3.8) is 0 Å². The van der Waals surface area contributed by atoms with Crippen molar-refractivity contribution in [3.05, 3.63) is 11.6 Å². The summed E-state index contributed by atoms with van der Waals surface area (Å²) >= 11 is 0. The number of hydrogen-bond acceptors (Lipinski definition) is 2. The van der Waals surface area contributed by atoms with Crippen LogP contribution in [0.25, 0.3) is 0 Å². The molecular weight excluding hydrogens is 296 g/mol. The van der Waals surface area contributed by atoms with Crippen molar-refractivity contribution < 1.29 is 9.90 Å². The molecule has 128 valence electrons. The molecule has 5 aliphatic carbocycles. The Morgan fingerprint density at radius 1 is 1.17 bits per heavy atom. The maximum Gasteiger partial charge on any atom is 0.155 e. The van der Waals surface area contributed by atoms with Crippen LogP contribution in [-0.2, 0) is 4.79 Å². The van der Waals surface area contributed by atoms with Gasteiger partial charge in [-0.3, -0.25) is 4.79 Å². The van der Waals surface area contributed by atoms with E-state index >= 15 is 0 Å². The zero-order valence-corrected chi connectivity index (χ0v) is 14.5. The maximum atomic E-state index is 11.9. The lowest BCUT2D eigenvalue weighted by atomic mass is 9.43. The average molecular weight is 324 g/mol. The Balaban J connectivity index is 1.56. The number of carbonyl (C=O) groups is 1. The number of ketones is 1. The highest BCUT2D eigenvalue weighted by atomic mass is 16.3. The van der Waals surface area contributed by atoms with Gasteiger partial charge in [0.2, 0.25) is 0 Å². The number of allylic oxidation sites excluding steroid dienone is 1. The van der Waals surface area contributed by atoms with Crippen LogP contribution in [0.2, 0.25) is 0 Å². The molecule has 0 heterocycles. The Labute approximate surface area is 145 Å². The minimum Gasteiger partial charge on any atom is -0.377 e. The Morgan fingerprint density at radius 2 is 2.04 bits per heavy atom. The second-order valence-electron chi connectivity index (χ2n) is 9.27. The normalized spacial score (nSPS) is 52.6. The minimum absolute atomic E-state index is 0.00244. The van der Waals surface area contributed by atoms with E-state index in [0.717, 1.165) is 56.8 Å². The SMILES string of the molecule is C#C[C@]1(O)CCC2C3CCC4=CC(=O)CCC4C3[C@H]3CCC[C@]21C3. The molecule has 24 heavy (non-hydrogen) atoms. The molecule has 2 heteroatoms. The number of fused-ring (bicyclic) bond motifs is 6. The zero-order chi connectivity index (χ0) is 16.5. The third-order valence-electron chi connectivity index (χ3n) is 8.72. The van der Waals surface area contributed by atoms with Gasteiger partial charge in [-0.05, 0) is 80.6 Å². The number of rotatable bonds is 0. The van der Waals surface area contributed by atoms with E-state index in [4.69, 9.17) is 6.42 Å². The predicted molar refractivity (Wildman–Crippen MR) is 92.9 cm³/mol. The van der Waals surface area contributed by atoms with Crippen LogP contribution in [0, 0.1) is 47.3 Å². The molecule has 0 aliphatic heterocycles. The first-order valence-electron chi connectivity index (χ1n) is 10.0. The van der Waals surface area contributed by atoms with Gasteiger partial charge in [0.05, 0.1) is 0 Å². The van der Waals surface area contributed by atoms with E-state index in [-0.39, 0.29) is 5.41 Å². The summed E-state index contributed by atoms with van der Waals surface area (Å²) in [6, 6.07) is 0. The molecule has 2 bridgehead atoms. The number of aliphatic hydroxyl groups is 1. The van der Waals surface area contributed by atoms with Crippen LogP contribution < -0.4 is 0 Å². The molecule has 4 unspecified atom stereocenters. The van der Waals surface area contributed by atoms with E-state index in [1.807, 2.05) is 6.08 Å². The lowest BCUT2D eigenvalue weighted by molar-refractivity contribution is -0.146. The van der Waals surface area contributed by atoms with Crippen molar-refractivity contribution in [1.29, 1.82) is 0 Å². The average Bonchev–Trinajstić information content (AvgIpc) is 2.87. The summed E-state index contributed by atoms with van der Waals surface area (Å²) in [6.45, 7) is 0. The summed E-state index contributed by atoms with van der Waals surface area (Å²) in [5.41, 5.74) is 0.591. The van der Waals surface area contributed by atoms with Crippen LogP contribution in [0.5, 0.6) is 0 Å². The molecular formula is C22H28O2. The first-order chi connectivity index (χ1) is 11.6. The van der Waals surface area contributed by atoms with Gasteiger partial charge >= 0.3 is 0 Å². The fourth-order valence-corrected chi connectivity index (χ4v) is 7.97. The Morgan fingerprint density at radius 3 is 2.88 bits per heavy atom. The third-order valence-corrected chi connectivity index (χ3v) is 8.72. The highest BCUT2D eigenvalue weighted by Gasteiger charge is 2.67. The standard InChI is InChI=1S/C22H28O2/c1-2-22(24)11-9-19-18-7-5-14-12-16(23)6-8-17(14)20(18)15-4-3-10-21(19,22)13-15/h1,12,15,17-20,24H,3-11,13H2/t15-,17?,18?,19?,20?,21-,22-/m0/s1. The highest BCUT2D eigenvalue weighted by Crippen LogP contribution is 2.70. The quantitative estimate of drug-likeness (QED) is 0.687. The number of terminal acetylenes is 1. The molecule has 0 aromatic carbocycles. The molecule has 0 aromatic rings. The summed E-state index contributed by atoms with van der Waals surface area (Å²) in [5.74, 6) is 6.62. The van der Waals surface area contributed by atoms with Crippen LogP contribution >= 0.6 is 0 Å². The van der Waals surface area contributed by atoms with E-state index in [2.05, 4.69) is 5.92 Å². The first kappa shape index (κ1) is 15.2. The highest BCUT2D eigenvalue weighted by molar-refractivity contribution is 5.91. The molecule has 5 aliphatic rings. The maximum absolute atomic E-state index is 11.9. The molecule has 1 spiro atoms. The zero-order valence-electron chi connectivity index (χ0n) is 14.5.